The van der Waals surface area contributed by atoms with E-state index >= 15 is 0 Å². The SMILES string of the molecule is CC(c1cccc(NC(=O)c2ccccc2)c1)N(C)C(=O)c1cccc(C(F)(F)F)c1. The molecule has 1 atom stereocenters. The minimum absolute atomic E-state index is 0.0438. The Labute approximate surface area is 178 Å². The van der Waals surface area contributed by atoms with Crippen molar-refractivity contribution in [3.05, 3.63) is 101 Å². The Hall–Kier alpha value is -3.61. The van der Waals surface area contributed by atoms with Crippen molar-refractivity contribution >= 4 is 17.5 Å². The summed E-state index contributed by atoms with van der Waals surface area (Å²) in [6.07, 6.45) is -4.52. The topological polar surface area (TPSA) is 49.4 Å². The molecular weight excluding hydrogens is 405 g/mol. The van der Waals surface area contributed by atoms with E-state index in [0.29, 0.717) is 11.3 Å². The highest BCUT2D eigenvalue weighted by Crippen LogP contribution is 2.30. The molecule has 0 aliphatic carbocycles. The quantitative estimate of drug-likeness (QED) is 0.561. The van der Waals surface area contributed by atoms with Crippen LogP contribution in [0.2, 0.25) is 0 Å². The molecule has 160 valence electrons. The van der Waals surface area contributed by atoms with Gasteiger partial charge in [-0.1, -0.05) is 36.4 Å². The van der Waals surface area contributed by atoms with Crippen LogP contribution < -0.4 is 5.32 Å². The molecule has 0 radical (unpaired) electrons. The average Bonchev–Trinajstić information content (AvgIpc) is 2.78. The summed E-state index contributed by atoms with van der Waals surface area (Å²) in [5.74, 6) is -0.795. The van der Waals surface area contributed by atoms with Gasteiger partial charge in [-0.05, 0) is 55.0 Å². The molecular formula is C24H21F3N2O2. The normalized spacial score (nSPS) is 12.2. The number of alkyl halides is 3. The van der Waals surface area contributed by atoms with Crippen molar-refractivity contribution in [2.45, 2.75) is 19.1 Å². The van der Waals surface area contributed by atoms with Crippen LogP contribution in [0, 0.1) is 0 Å². The number of rotatable bonds is 5. The summed E-state index contributed by atoms with van der Waals surface area (Å²) in [6.45, 7) is 1.77. The minimum atomic E-state index is -4.52. The van der Waals surface area contributed by atoms with Crippen LogP contribution in [-0.2, 0) is 6.18 Å². The summed E-state index contributed by atoms with van der Waals surface area (Å²) in [4.78, 5) is 26.5. The van der Waals surface area contributed by atoms with Gasteiger partial charge in [0.05, 0.1) is 11.6 Å². The van der Waals surface area contributed by atoms with Gasteiger partial charge in [0.2, 0.25) is 0 Å². The number of hydrogen-bond acceptors (Lipinski definition) is 2. The first-order valence-corrected chi connectivity index (χ1v) is 9.57. The second-order valence-electron chi connectivity index (χ2n) is 7.12. The molecule has 1 unspecified atom stereocenters. The zero-order chi connectivity index (χ0) is 22.6. The van der Waals surface area contributed by atoms with Gasteiger partial charge in [0.25, 0.3) is 11.8 Å². The first kappa shape index (κ1) is 22.1. The van der Waals surface area contributed by atoms with Crippen LogP contribution >= 0.6 is 0 Å². The van der Waals surface area contributed by atoms with E-state index in [-0.39, 0.29) is 11.5 Å². The van der Waals surface area contributed by atoms with Gasteiger partial charge in [-0.25, -0.2) is 0 Å². The number of amides is 2. The minimum Gasteiger partial charge on any atom is -0.335 e. The molecule has 0 spiro atoms. The van der Waals surface area contributed by atoms with Gasteiger partial charge in [-0.2, -0.15) is 13.2 Å². The zero-order valence-corrected chi connectivity index (χ0v) is 17.0. The largest absolute Gasteiger partial charge is 0.416 e. The molecule has 7 heteroatoms. The maximum Gasteiger partial charge on any atom is 0.416 e. The fraction of sp³-hybridized carbons (Fsp3) is 0.167. The first-order chi connectivity index (χ1) is 14.7. The van der Waals surface area contributed by atoms with Crippen molar-refractivity contribution in [3.8, 4) is 0 Å². The summed E-state index contributed by atoms with van der Waals surface area (Å²) >= 11 is 0. The van der Waals surface area contributed by atoms with E-state index in [4.69, 9.17) is 0 Å². The summed E-state index contributed by atoms with van der Waals surface area (Å²) in [5, 5.41) is 2.81. The van der Waals surface area contributed by atoms with Crippen LogP contribution in [-0.4, -0.2) is 23.8 Å². The average molecular weight is 426 g/mol. The van der Waals surface area contributed by atoms with Gasteiger partial charge in [0, 0.05) is 23.9 Å². The first-order valence-electron chi connectivity index (χ1n) is 9.57. The van der Waals surface area contributed by atoms with E-state index in [1.54, 1.807) is 55.5 Å². The van der Waals surface area contributed by atoms with Gasteiger partial charge in [0.15, 0.2) is 0 Å². The second-order valence-corrected chi connectivity index (χ2v) is 7.12. The molecule has 3 rings (SSSR count). The fourth-order valence-electron chi connectivity index (χ4n) is 3.10. The van der Waals surface area contributed by atoms with Gasteiger partial charge in [-0.15, -0.1) is 0 Å². The second kappa shape index (κ2) is 9.04. The fourth-order valence-corrected chi connectivity index (χ4v) is 3.10. The van der Waals surface area contributed by atoms with Crippen LogP contribution in [0.1, 0.15) is 44.8 Å². The van der Waals surface area contributed by atoms with E-state index in [0.717, 1.165) is 17.7 Å². The molecule has 4 nitrogen and oxygen atoms in total. The number of carbonyl (C=O) groups excluding carboxylic acids is 2. The number of hydrogen-bond donors (Lipinski definition) is 1. The molecule has 0 aliphatic rings. The highest BCUT2D eigenvalue weighted by Gasteiger charge is 2.31. The van der Waals surface area contributed by atoms with E-state index in [2.05, 4.69) is 5.32 Å². The molecule has 0 saturated heterocycles. The zero-order valence-electron chi connectivity index (χ0n) is 17.0. The summed E-state index contributed by atoms with van der Waals surface area (Å²) in [6, 6.07) is 19.7. The van der Waals surface area contributed by atoms with Crippen LogP contribution in [0.4, 0.5) is 18.9 Å². The number of nitrogens with one attached hydrogen (secondary N) is 1. The Bertz CT molecular complexity index is 1080. The molecule has 3 aromatic rings. The van der Waals surface area contributed by atoms with Crippen LogP contribution in [0.15, 0.2) is 78.9 Å². The Balaban J connectivity index is 1.76. The molecule has 3 aromatic carbocycles. The summed E-state index contributed by atoms with van der Waals surface area (Å²) < 4.78 is 38.9. The lowest BCUT2D eigenvalue weighted by atomic mass is 10.0. The predicted octanol–water partition coefficient (Wildman–Crippen LogP) is 5.79. The summed E-state index contributed by atoms with van der Waals surface area (Å²) in [7, 11) is 1.53. The third-order valence-electron chi connectivity index (χ3n) is 5.00. The van der Waals surface area contributed by atoms with Crippen molar-refractivity contribution in [1.29, 1.82) is 0 Å². The molecule has 0 saturated carbocycles. The lowest BCUT2D eigenvalue weighted by Gasteiger charge is -2.26. The van der Waals surface area contributed by atoms with Crippen molar-refractivity contribution in [2.75, 3.05) is 12.4 Å². The van der Waals surface area contributed by atoms with Crippen molar-refractivity contribution in [1.82, 2.24) is 4.90 Å². The summed E-state index contributed by atoms with van der Waals surface area (Å²) in [5.41, 5.74) is 0.882. The molecule has 0 heterocycles. The smallest absolute Gasteiger partial charge is 0.335 e. The third-order valence-corrected chi connectivity index (χ3v) is 5.00. The van der Waals surface area contributed by atoms with Crippen molar-refractivity contribution in [3.63, 3.8) is 0 Å². The number of carbonyl (C=O) groups is 2. The molecule has 1 N–H and O–H groups in total. The highest BCUT2D eigenvalue weighted by molar-refractivity contribution is 6.04. The Morgan fingerprint density at radius 3 is 2.19 bits per heavy atom. The third kappa shape index (κ3) is 5.31. The van der Waals surface area contributed by atoms with Crippen LogP contribution in [0.25, 0.3) is 0 Å². The Morgan fingerprint density at radius 1 is 0.871 bits per heavy atom. The number of anilines is 1. The predicted molar refractivity (Wildman–Crippen MR) is 113 cm³/mol. The van der Waals surface area contributed by atoms with E-state index in [1.165, 1.54) is 24.1 Å². The maximum absolute atomic E-state index is 13.0. The molecule has 2 amide bonds. The lowest BCUT2D eigenvalue weighted by molar-refractivity contribution is -0.137. The number of nitrogens with zero attached hydrogens (tertiary/aromatic N) is 1. The Morgan fingerprint density at radius 2 is 1.52 bits per heavy atom. The van der Waals surface area contributed by atoms with Crippen molar-refractivity contribution in [2.24, 2.45) is 0 Å². The van der Waals surface area contributed by atoms with E-state index in [9.17, 15) is 22.8 Å². The molecule has 0 aromatic heterocycles. The molecule has 31 heavy (non-hydrogen) atoms. The molecule has 0 aliphatic heterocycles. The highest BCUT2D eigenvalue weighted by atomic mass is 19.4. The lowest BCUT2D eigenvalue weighted by Crippen LogP contribution is -2.30. The van der Waals surface area contributed by atoms with Crippen LogP contribution in [0.3, 0.4) is 0 Å². The molecule has 0 fully saturated rings. The monoisotopic (exact) mass is 426 g/mol. The van der Waals surface area contributed by atoms with Gasteiger partial charge < -0.3 is 10.2 Å². The molecule has 0 bridgehead atoms. The maximum atomic E-state index is 13.0. The van der Waals surface area contributed by atoms with Gasteiger partial charge >= 0.3 is 6.18 Å². The van der Waals surface area contributed by atoms with Gasteiger partial charge in [-0.3, -0.25) is 9.59 Å². The van der Waals surface area contributed by atoms with E-state index in [1.807, 2.05) is 6.07 Å². The number of halogens is 3. The Kier molecular flexibility index (Phi) is 6.44. The van der Waals surface area contributed by atoms with Crippen molar-refractivity contribution < 1.29 is 22.8 Å². The van der Waals surface area contributed by atoms with Crippen LogP contribution in [0.5, 0.6) is 0 Å². The van der Waals surface area contributed by atoms with E-state index < -0.39 is 23.7 Å². The standard InChI is InChI=1S/C24H21F3N2O2/c1-16(29(2)23(31)19-11-6-12-20(14-19)24(25,26)27)18-10-7-13-21(15-18)28-22(30)17-8-4-3-5-9-17/h3-16H,1-2H3,(H,28,30). The van der Waals surface area contributed by atoms with Gasteiger partial charge in [0.1, 0.15) is 0 Å². The number of benzene rings is 3.